The number of hydrogen-bond donors (Lipinski definition) is 1. The van der Waals surface area contributed by atoms with Gasteiger partial charge in [-0.25, -0.2) is 4.39 Å². The molecule has 1 aliphatic heterocycles. The SMILES string of the molecule is CC1(C)CN(c2ccc(CO)cc2F)CCO1. The van der Waals surface area contributed by atoms with Crippen molar-refractivity contribution in [3.05, 3.63) is 29.6 Å². The Morgan fingerprint density at radius 2 is 2.24 bits per heavy atom. The van der Waals surface area contributed by atoms with Crippen molar-refractivity contribution in [1.29, 1.82) is 0 Å². The second-order valence-electron chi connectivity index (χ2n) is 4.97. The Bertz CT molecular complexity index is 406. The zero-order valence-electron chi connectivity index (χ0n) is 10.2. The van der Waals surface area contributed by atoms with Crippen molar-refractivity contribution >= 4 is 5.69 Å². The lowest BCUT2D eigenvalue weighted by molar-refractivity contribution is -0.0278. The molecule has 0 bridgehead atoms. The minimum atomic E-state index is -0.283. The smallest absolute Gasteiger partial charge is 0.146 e. The first kappa shape index (κ1) is 12.3. The standard InChI is InChI=1S/C13H18FNO2/c1-13(2)9-15(5-6-17-13)12-4-3-10(8-16)7-11(12)14/h3-4,7,16H,5-6,8-9H2,1-2H3. The van der Waals surface area contributed by atoms with E-state index < -0.39 is 0 Å². The Morgan fingerprint density at radius 3 is 2.82 bits per heavy atom. The van der Waals surface area contributed by atoms with Gasteiger partial charge in [-0.2, -0.15) is 0 Å². The zero-order chi connectivity index (χ0) is 12.5. The van der Waals surface area contributed by atoms with Gasteiger partial charge in [-0.15, -0.1) is 0 Å². The van der Waals surface area contributed by atoms with Gasteiger partial charge < -0.3 is 14.7 Å². The summed E-state index contributed by atoms with van der Waals surface area (Å²) in [7, 11) is 0. The van der Waals surface area contributed by atoms with E-state index in [9.17, 15) is 4.39 Å². The molecule has 4 heteroatoms. The van der Waals surface area contributed by atoms with Crippen LogP contribution in [-0.4, -0.2) is 30.4 Å². The van der Waals surface area contributed by atoms with Crippen LogP contribution in [0.1, 0.15) is 19.4 Å². The average Bonchev–Trinajstić information content (AvgIpc) is 2.27. The number of ether oxygens (including phenoxy) is 1. The number of aliphatic hydroxyl groups is 1. The lowest BCUT2D eigenvalue weighted by atomic mass is 10.1. The summed E-state index contributed by atoms with van der Waals surface area (Å²) in [4.78, 5) is 1.99. The van der Waals surface area contributed by atoms with Gasteiger partial charge in [0.15, 0.2) is 0 Å². The molecular weight excluding hydrogens is 221 g/mol. The summed E-state index contributed by atoms with van der Waals surface area (Å²) in [6.45, 7) is 5.83. The van der Waals surface area contributed by atoms with Gasteiger partial charge in [-0.3, -0.25) is 0 Å². The average molecular weight is 239 g/mol. The van der Waals surface area contributed by atoms with Crippen LogP contribution in [0.4, 0.5) is 10.1 Å². The molecule has 1 aromatic carbocycles. The maximum Gasteiger partial charge on any atom is 0.146 e. The van der Waals surface area contributed by atoms with Crippen LogP contribution in [0.3, 0.4) is 0 Å². The maximum absolute atomic E-state index is 13.9. The molecule has 1 fully saturated rings. The molecule has 17 heavy (non-hydrogen) atoms. The minimum absolute atomic E-state index is 0.133. The Hall–Kier alpha value is -1.13. The quantitative estimate of drug-likeness (QED) is 0.856. The van der Waals surface area contributed by atoms with Crippen LogP contribution in [0, 0.1) is 5.82 Å². The third-order valence-electron chi connectivity index (χ3n) is 2.96. The maximum atomic E-state index is 13.9. The fraction of sp³-hybridized carbons (Fsp3) is 0.538. The molecule has 2 rings (SSSR count). The second-order valence-corrected chi connectivity index (χ2v) is 4.97. The Labute approximate surface area is 101 Å². The highest BCUT2D eigenvalue weighted by Crippen LogP contribution is 2.26. The Balaban J connectivity index is 2.22. The van der Waals surface area contributed by atoms with Crippen LogP contribution < -0.4 is 4.90 Å². The highest BCUT2D eigenvalue weighted by molar-refractivity contribution is 5.49. The van der Waals surface area contributed by atoms with Gasteiger partial charge >= 0.3 is 0 Å². The molecule has 0 unspecified atom stereocenters. The van der Waals surface area contributed by atoms with Gasteiger partial charge in [0.2, 0.25) is 0 Å². The van der Waals surface area contributed by atoms with Gasteiger partial charge in [0.1, 0.15) is 5.82 Å². The molecule has 3 nitrogen and oxygen atoms in total. The lowest BCUT2D eigenvalue weighted by Crippen LogP contribution is -2.48. The normalized spacial score (nSPS) is 19.4. The molecule has 0 amide bonds. The number of halogens is 1. The molecule has 94 valence electrons. The predicted octanol–water partition coefficient (Wildman–Crippen LogP) is 1.93. The summed E-state index contributed by atoms with van der Waals surface area (Å²) in [5.41, 5.74) is 0.928. The van der Waals surface area contributed by atoms with E-state index in [-0.39, 0.29) is 18.0 Å². The zero-order valence-corrected chi connectivity index (χ0v) is 10.2. The van der Waals surface area contributed by atoms with E-state index in [0.717, 1.165) is 0 Å². The number of aliphatic hydroxyl groups excluding tert-OH is 1. The first-order valence-corrected chi connectivity index (χ1v) is 5.80. The largest absolute Gasteiger partial charge is 0.392 e. The van der Waals surface area contributed by atoms with Crippen LogP contribution in [0.5, 0.6) is 0 Å². The van der Waals surface area contributed by atoms with Crippen molar-refractivity contribution in [2.45, 2.75) is 26.1 Å². The molecule has 1 aromatic rings. The van der Waals surface area contributed by atoms with E-state index in [0.29, 0.717) is 30.9 Å². The number of nitrogens with zero attached hydrogens (tertiary/aromatic N) is 1. The molecule has 1 aliphatic rings. The van der Waals surface area contributed by atoms with Gasteiger partial charge in [0.05, 0.1) is 24.5 Å². The van der Waals surface area contributed by atoms with E-state index >= 15 is 0 Å². The fourth-order valence-electron chi connectivity index (χ4n) is 2.13. The van der Waals surface area contributed by atoms with Gasteiger partial charge in [-0.1, -0.05) is 6.07 Å². The highest BCUT2D eigenvalue weighted by atomic mass is 19.1. The second kappa shape index (κ2) is 4.63. The first-order valence-electron chi connectivity index (χ1n) is 5.80. The number of hydrogen-bond acceptors (Lipinski definition) is 3. The molecular formula is C13H18FNO2. The summed E-state index contributed by atoms with van der Waals surface area (Å²) in [5.74, 6) is -0.283. The van der Waals surface area contributed by atoms with Gasteiger partial charge in [0.25, 0.3) is 0 Å². The van der Waals surface area contributed by atoms with Crippen molar-refractivity contribution in [1.82, 2.24) is 0 Å². The van der Waals surface area contributed by atoms with E-state index in [2.05, 4.69) is 0 Å². The molecule has 0 aliphatic carbocycles. The van der Waals surface area contributed by atoms with Crippen LogP contribution in [0.2, 0.25) is 0 Å². The van der Waals surface area contributed by atoms with Crippen molar-refractivity contribution in [3.63, 3.8) is 0 Å². The number of rotatable bonds is 2. The van der Waals surface area contributed by atoms with Crippen molar-refractivity contribution in [2.75, 3.05) is 24.6 Å². The summed E-state index contributed by atoms with van der Waals surface area (Å²) in [6, 6.07) is 4.86. The van der Waals surface area contributed by atoms with Crippen LogP contribution >= 0.6 is 0 Å². The molecule has 1 saturated heterocycles. The third-order valence-corrected chi connectivity index (χ3v) is 2.96. The molecule has 1 N–H and O–H groups in total. The highest BCUT2D eigenvalue weighted by Gasteiger charge is 2.28. The van der Waals surface area contributed by atoms with E-state index in [1.165, 1.54) is 6.07 Å². The summed E-state index contributed by atoms with van der Waals surface area (Å²) < 4.78 is 19.5. The summed E-state index contributed by atoms with van der Waals surface area (Å²) >= 11 is 0. The Kier molecular flexibility index (Phi) is 3.35. The monoisotopic (exact) mass is 239 g/mol. The van der Waals surface area contributed by atoms with Crippen molar-refractivity contribution in [3.8, 4) is 0 Å². The molecule has 0 aromatic heterocycles. The fourth-order valence-corrected chi connectivity index (χ4v) is 2.13. The number of benzene rings is 1. The van der Waals surface area contributed by atoms with Crippen molar-refractivity contribution < 1.29 is 14.2 Å². The molecule has 0 spiro atoms. The minimum Gasteiger partial charge on any atom is -0.392 e. The van der Waals surface area contributed by atoms with Crippen LogP contribution in [0.25, 0.3) is 0 Å². The topological polar surface area (TPSA) is 32.7 Å². The van der Waals surface area contributed by atoms with Gasteiger partial charge in [0, 0.05) is 13.1 Å². The predicted molar refractivity (Wildman–Crippen MR) is 64.6 cm³/mol. The van der Waals surface area contributed by atoms with Crippen LogP contribution in [0.15, 0.2) is 18.2 Å². The number of anilines is 1. The molecule has 0 saturated carbocycles. The lowest BCUT2D eigenvalue weighted by Gasteiger charge is -2.39. The summed E-state index contributed by atoms with van der Waals surface area (Å²) in [6.07, 6.45) is 0. The summed E-state index contributed by atoms with van der Waals surface area (Å²) in [5, 5.41) is 8.95. The van der Waals surface area contributed by atoms with Crippen molar-refractivity contribution in [2.24, 2.45) is 0 Å². The van der Waals surface area contributed by atoms with E-state index in [1.54, 1.807) is 12.1 Å². The van der Waals surface area contributed by atoms with Gasteiger partial charge in [-0.05, 0) is 31.5 Å². The first-order chi connectivity index (χ1) is 8.02. The molecule has 0 atom stereocenters. The van der Waals surface area contributed by atoms with E-state index in [4.69, 9.17) is 9.84 Å². The van der Waals surface area contributed by atoms with Crippen LogP contribution in [-0.2, 0) is 11.3 Å². The number of morpholine rings is 1. The molecule has 0 radical (unpaired) electrons. The molecule has 1 heterocycles. The third kappa shape index (κ3) is 2.76. The van der Waals surface area contributed by atoms with E-state index in [1.807, 2.05) is 18.7 Å². The Morgan fingerprint density at radius 1 is 1.47 bits per heavy atom.